The zero-order chi connectivity index (χ0) is 14.3. The van der Waals surface area contributed by atoms with Crippen molar-refractivity contribution in [3.63, 3.8) is 0 Å². The molecule has 2 nitrogen and oxygen atoms in total. The van der Waals surface area contributed by atoms with Gasteiger partial charge >= 0.3 is 0 Å². The first-order chi connectivity index (χ1) is 9.59. The number of hydrogen-bond donors (Lipinski definition) is 1. The molecular formula is C18H27NO. The fourth-order valence-corrected chi connectivity index (χ4v) is 4.31. The zero-order valence-electron chi connectivity index (χ0n) is 12.9. The Morgan fingerprint density at radius 1 is 1.20 bits per heavy atom. The minimum Gasteiger partial charge on any atom is -0.387 e. The Kier molecular flexibility index (Phi) is 3.87. The van der Waals surface area contributed by atoms with Crippen LogP contribution in [0.2, 0.25) is 0 Å². The monoisotopic (exact) mass is 273 g/mol. The fourth-order valence-electron chi connectivity index (χ4n) is 4.31. The van der Waals surface area contributed by atoms with Gasteiger partial charge in [0.2, 0.25) is 0 Å². The predicted molar refractivity (Wildman–Crippen MR) is 82.8 cm³/mol. The van der Waals surface area contributed by atoms with Crippen molar-refractivity contribution in [2.45, 2.75) is 64.1 Å². The number of rotatable bonds is 2. The highest BCUT2D eigenvalue weighted by molar-refractivity contribution is 5.35. The number of fused-ring (bicyclic) bond motifs is 1. The van der Waals surface area contributed by atoms with Crippen LogP contribution in [0.25, 0.3) is 0 Å². The maximum atomic E-state index is 10.9. The van der Waals surface area contributed by atoms with Crippen LogP contribution in [0.4, 0.5) is 0 Å². The topological polar surface area (TPSA) is 23.5 Å². The van der Waals surface area contributed by atoms with Crippen molar-refractivity contribution in [1.29, 1.82) is 0 Å². The predicted octanol–water partition coefficient (Wildman–Crippen LogP) is 3.72. The molecule has 2 heteroatoms. The zero-order valence-corrected chi connectivity index (χ0v) is 12.9. The van der Waals surface area contributed by atoms with Crippen LogP contribution in [0.3, 0.4) is 0 Å². The van der Waals surface area contributed by atoms with Gasteiger partial charge in [-0.3, -0.25) is 4.90 Å². The quantitative estimate of drug-likeness (QED) is 0.888. The lowest BCUT2D eigenvalue weighted by molar-refractivity contribution is 0.0149. The maximum absolute atomic E-state index is 10.9. The SMILES string of the molecule is CC1CC(N2CCCC2C(C)C)C(O)c2ccccc21. The summed E-state index contributed by atoms with van der Waals surface area (Å²) < 4.78 is 0. The maximum Gasteiger partial charge on any atom is 0.0948 e. The lowest BCUT2D eigenvalue weighted by Crippen LogP contribution is -2.47. The summed E-state index contributed by atoms with van der Waals surface area (Å²) in [4.78, 5) is 2.60. The first-order valence-electron chi connectivity index (χ1n) is 8.12. The van der Waals surface area contributed by atoms with E-state index in [1.54, 1.807) is 0 Å². The van der Waals surface area contributed by atoms with Gasteiger partial charge in [-0.15, -0.1) is 0 Å². The Hall–Kier alpha value is -0.860. The molecule has 0 amide bonds. The van der Waals surface area contributed by atoms with Gasteiger partial charge in [0.15, 0.2) is 0 Å². The van der Waals surface area contributed by atoms with E-state index in [-0.39, 0.29) is 6.10 Å². The van der Waals surface area contributed by atoms with Crippen LogP contribution >= 0.6 is 0 Å². The van der Waals surface area contributed by atoms with Crippen LogP contribution in [0.5, 0.6) is 0 Å². The first-order valence-corrected chi connectivity index (χ1v) is 8.12. The van der Waals surface area contributed by atoms with Crippen molar-refractivity contribution in [2.24, 2.45) is 5.92 Å². The van der Waals surface area contributed by atoms with E-state index in [1.165, 1.54) is 18.4 Å². The standard InChI is InChI=1S/C18H27NO/c1-12(2)16-9-6-10-19(16)17-11-13(3)14-7-4-5-8-15(14)18(17)20/h4-5,7-8,12-13,16-18,20H,6,9-11H2,1-3H3. The van der Waals surface area contributed by atoms with Crippen LogP contribution in [0.15, 0.2) is 24.3 Å². The number of likely N-dealkylation sites (tertiary alicyclic amines) is 1. The molecular weight excluding hydrogens is 246 g/mol. The normalized spacial score (nSPS) is 34.5. The molecule has 1 heterocycles. The fraction of sp³-hybridized carbons (Fsp3) is 0.667. The van der Waals surface area contributed by atoms with E-state index in [0.29, 0.717) is 23.9 Å². The average molecular weight is 273 g/mol. The molecule has 1 aliphatic heterocycles. The number of aliphatic hydroxyl groups excluding tert-OH is 1. The van der Waals surface area contributed by atoms with Gasteiger partial charge < -0.3 is 5.11 Å². The second-order valence-electron chi connectivity index (χ2n) is 6.97. The third-order valence-corrected chi connectivity index (χ3v) is 5.34. The van der Waals surface area contributed by atoms with E-state index in [1.807, 2.05) is 0 Å². The van der Waals surface area contributed by atoms with E-state index < -0.39 is 0 Å². The van der Waals surface area contributed by atoms with Crippen molar-refractivity contribution in [3.05, 3.63) is 35.4 Å². The Morgan fingerprint density at radius 3 is 2.60 bits per heavy atom. The minimum absolute atomic E-state index is 0.301. The summed E-state index contributed by atoms with van der Waals surface area (Å²) in [7, 11) is 0. The van der Waals surface area contributed by atoms with Crippen molar-refractivity contribution in [2.75, 3.05) is 6.54 Å². The van der Waals surface area contributed by atoms with Crippen LogP contribution in [-0.4, -0.2) is 28.6 Å². The van der Waals surface area contributed by atoms with E-state index in [0.717, 1.165) is 18.5 Å². The molecule has 1 fully saturated rings. The van der Waals surface area contributed by atoms with E-state index in [9.17, 15) is 5.11 Å². The molecule has 4 unspecified atom stereocenters. The van der Waals surface area contributed by atoms with Crippen LogP contribution in [0.1, 0.15) is 63.2 Å². The third-order valence-electron chi connectivity index (χ3n) is 5.34. The summed E-state index contributed by atoms with van der Waals surface area (Å²) in [6.07, 6.45) is 3.34. The second-order valence-corrected chi connectivity index (χ2v) is 6.97. The molecule has 1 aromatic rings. The van der Waals surface area contributed by atoms with E-state index in [4.69, 9.17) is 0 Å². The van der Waals surface area contributed by atoms with E-state index >= 15 is 0 Å². The van der Waals surface area contributed by atoms with Gasteiger partial charge in [0.1, 0.15) is 0 Å². The second kappa shape index (κ2) is 5.50. The first kappa shape index (κ1) is 14.1. The average Bonchev–Trinajstić information content (AvgIpc) is 2.92. The van der Waals surface area contributed by atoms with E-state index in [2.05, 4.69) is 49.9 Å². The number of nitrogens with zero attached hydrogens (tertiary/aromatic N) is 1. The summed E-state index contributed by atoms with van der Waals surface area (Å²) in [5, 5.41) is 10.9. The summed E-state index contributed by atoms with van der Waals surface area (Å²) in [6.45, 7) is 8.09. The molecule has 0 spiro atoms. The van der Waals surface area contributed by atoms with Gasteiger partial charge in [-0.25, -0.2) is 0 Å². The minimum atomic E-state index is -0.318. The van der Waals surface area contributed by atoms with Crippen molar-refractivity contribution in [3.8, 4) is 0 Å². The van der Waals surface area contributed by atoms with Gasteiger partial charge in [-0.05, 0) is 48.8 Å². The highest BCUT2D eigenvalue weighted by Crippen LogP contribution is 2.42. The smallest absolute Gasteiger partial charge is 0.0948 e. The Morgan fingerprint density at radius 2 is 1.90 bits per heavy atom. The molecule has 1 aromatic carbocycles. The Balaban J connectivity index is 1.89. The largest absolute Gasteiger partial charge is 0.387 e. The van der Waals surface area contributed by atoms with Crippen LogP contribution in [-0.2, 0) is 0 Å². The van der Waals surface area contributed by atoms with Gasteiger partial charge in [-0.1, -0.05) is 45.0 Å². The highest BCUT2D eigenvalue weighted by Gasteiger charge is 2.40. The van der Waals surface area contributed by atoms with Gasteiger partial charge in [0.25, 0.3) is 0 Å². The third kappa shape index (κ3) is 2.29. The molecule has 1 saturated heterocycles. The highest BCUT2D eigenvalue weighted by atomic mass is 16.3. The van der Waals surface area contributed by atoms with Crippen LogP contribution in [0, 0.1) is 5.92 Å². The molecule has 0 saturated carbocycles. The summed E-state index contributed by atoms with van der Waals surface area (Å²) in [5.41, 5.74) is 2.50. The lowest BCUT2D eigenvalue weighted by Gasteiger charge is -2.42. The van der Waals surface area contributed by atoms with Crippen LogP contribution < -0.4 is 0 Å². The van der Waals surface area contributed by atoms with Crippen molar-refractivity contribution in [1.82, 2.24) is 4.90 Å². The van der Waals surface area contributed by atoms with Gasteiger partial charge in [-0.2, -0.15) is 0 Å². The van der Waals surface area contributed by atoms with Gasteiger partial charge in [0, 0.05) is 12.1 Å². The number of aliphatic hydroxyl groups is 1. The molecule has 3 rings (SSSR count). The summed E-state index contributed by atoms with van der Waals surface area (Å²) in [5.74, 6) is 1.23. The Bertz CT molecular complexity index is 470. The van der Waals surface area contributed by atoms with Crippen molar-refractivity contribution >= 4 is 0 Å². The molecule has 2 aliphatic rings. The molecule has 0 bridgehead atoms. The Labute approximate surface area is 122 Å². The molecule has 20 heavy (non-hydrogen) atoms. The summed E-state index contributed by atoms with van der Waals surface area (Å²) >= 11 is 0. The number of benzene rings is 1. The molecule has 0 radical (unpaired) electrons. The molecule has 1 N–H and O–H groups in total. The molecule has 4 atom stereocenters. The van der Waals surface area contributed by atoms with Crippen molar-refractivity contribution < 1.29 is 5.11 Å². The van der Waals surface area contributed by atoms with Gasteiger partial charge in [0.05, 0.1) is 6.10 Å². The lowest BCUT2D eigenvalue weighted by atomic mass is 9.78. The molecule has 0 aromatic heterocycles. The summed E-state index contributed by atoms with van der Waals surface area (Å²) in [6, 6.07) is 9.39. The number of hydrogen-bond acceptors (Lipinski definition) is 2. The molecule has 110 valence electrons. The molecule has 1 aliphatic carbocycles.